The molecular formula is C61H41NO2. The normalized spacial score (nSPS) is 11.5. The molecule has 64 heavy (non-hydrogen) atoms. The number of hydrogen-bond acceptors (Lipinski definition) is 3. The molecule has 0 radical (unpaired) electrons. The van der Waals surface area contributed by atoms with Gasteiger partial charge in [-0.15, -0.1) is 0 Å². The summed E-state index contributed by atoms with van der Waals surface area (Å²) >= 11 is 0. The Morgan fingerprint density at radius 3 is 1.22 bits per heavy atom. The highest BCUT2D eigenvalue weighted by Crippen LogP contribution is 2.40. The zero-order valence-electron chi connectivity index (χ0n) is 35.0. The molecule has 0 aliphatic rings. The standard InChI is InChI=1S/C61H41NO2/c1-2-10-42(11-3-1)45-28-34-50(35-29-45)62(52-38-32-47(33-39-52)44-24-26-48(27-25-44)53-15-9-17-57-55-14-5-7-19-59(55)64-61(53)57)51-36-30-46(31-37-51)43-22-20-41(21-23-43)40-49-12-8-16-56-54-13-4-6-18-58(54)63-60(49)56/h1-39H,40H2. The van der Waals surface area contributed by atoms with Gasteiger partial charge in [-0.1, -0.05) is 188 Å². The highest BCUT2D eigenvalue weighted by molar-refractivity contribution is 6.09. The van der Waals surface area contributed by atoms with Crippen LogP contribution in [0.1, 0.15) is 11.1 Å². The van der Waals surface area contributed by atoms with E-state index in [-0.39, 0.29) is 0 Å². The summed E-state index contributed by atoms with van der Waals surface area (Å²) in [5.41, 5.74) is 18.7. The maximum absolute atomic E-state index is 6.35. The quantitative estimate of drug-likeness (QED) is 0.145. The number of anilines is 3. The van der Waals surface area contributed by atoms with Gasteiger partial charge in [-0.3, -0.25) is 0 Å². The van der Waals surface area contributed by atoms with Crippen LogP contribution in [-0.2, 0) is 6.42 Å². The van der Waals surface area contributed by atoms with Crippen molar-refractivity contribution in [3.63, 3.8) is 0 Å². The van der Waals surface area contributed by atoms with Crippen LogP contribution >= 0.6 is 0 Å². The number of hydrogen-bond donors (Lipinski definition) is 0. The smallest absolute Gasteiger partial charge is 0.143 e. The van der Waals surface area contributed by atoms with Crippen LogP contribution in [0.2, 0.25) is 0 Å². The van der Waals surface area contributed by atoms with Gasteiger partial charge in [-0.05, 0) is 98.6 Å². The summed E-state index contributed by atoms with van der Waals surface area (Å²) in [5.74, 6) is 0. The van der Waals surface area contributed by atoms with Crippen molar-refractivity contribution in [2.45, 2.75) is 6.42 Å². The lowest BCUT2D eigenvalue weighted by molar-refractivity contribution is 0.664. The largest absolute Gasteiger partial charge is 0.456 e. The van der Waals surface area contributed by atoms with Crippen LogP contribution < -0.4 is 4.90 Å². The van der Waals surface area contributed by atoms with Gasteiger partial charge in [0.15, 0.2) is 0 Å². The Labute approximate surface area is 371 Å². The third-order valence-electron chi connectivity index (χ3n) is 12.6. The van der Waals surface area contributed by atoms with Crippen molar-refractivity contribution in [3.05, 3.63) is 248 Å². The molecule has 302 valence electrons. The molecule has 10 aromatic carbocycles. The first-order chi connectivity index (χ1) is 31.7. The highest BCUT2D eigenvalue weighted by atomic mass is 16.3. The molecule has 0 unspecified atom stereocenters. The average molecular weight is 820 g/mol. The van der Waals surface area contributed by atoms with Gasteiger partial charge in [-0.25, -0.2) is 0 Å². The summed E-state index contributed by atoms with van der Waals surface area (Å²) in [7, 11) is 0. The average Bonchev–Trinajstić information content (AvgIpc) is 3.95. The molecule has 2 aromatic heterocycles. The molecule has 0 fully saturated rings. The van der Waals surface area contributed by atoms with Crippen molar-refractivity contribution in [2.75, 3.05) is 4.90 Å². The molecule has 0 N–H and O–H groups in total. The monoisotopic (exact) mass is 819 g/mol. The lowest BCUT2D eigenvalue weighted by Gasteiger charge is -2.26. The van der Waals surface area contributed by atoms with Crippen molar-refractivity contribution in [1.82, 2.24) is 0 Å². The molecule has 12 rings (SSSR count). The minimum Gasteiger partial charge on any atom is -0.456 e. The van der Waals surface area contributed by atoms with Gasteiger partial charge in [0, 0.05) is 50.6 Å². The van der Waals surface area contributed by atoms with Crippen molar-refractivity contribution >= 4 is 60.9 Å². The number of para-hydroxylation sites is 4. The van der Waals surface area contributed by atoms with Crippen LogP contribution in [0.5, 0.6) is 0 Å². The summed E-state index contributed by atoms with van der Waals surface area (Å²) in [4.78, 5) is 2.33. The molecule has 3 heteroatoms. The molecule has 0 aliphatic heterocycles. The minimum absolute atomic E-state index is 0.804. The summed E-state index contributed by atoms with van der Waals surface area (Å²) in [6.07, 6.45) is 0.804. The van der Waals surface area contributed by atoms with E-state index in [9.17, 15) is 0 Å². The maximum atomic E-state index is 6.35. The fourth-order valence-corrected chi connectivity index (χ4v) is 9.28. The van der Waals surface area contributed by atoms with Crippen molar-refractivity contribution in [1.29, 1.82) is 0 Å². The highest BCUT2D eigenvalue weighted by Gasteiger charge is 2.16. The maximum Gasteiger partial charge on any atom is 0.143 e. The van der Waals surface area contributed by atoms with E-state index in [0.717, 1.165) is 84.2 Å². The van der Waals surface area contributed by atoms with E-state index >= 15 is 0 Å². The Balaban J connectivity index is 0.825. The molecular weight excluding hydrogens is 779 g/mol. The van der Waals surface area contributed by atoms with Gasteiger partial charge < -0.3 is 13.7 Å². The molecule has 0 bridgehead atoms. The summed E-state index contributed by atoms with van der Waals surface area (Å²) in [5, 5.41) is 4.61. The summed E-state index contributed by atoms with van der Waals surface area (Å²) in [6, 6.07) is 84.3. The van der Waals surface area contributed by atoms with E-state index in [1.54, 1.807) is 0 Å². The van der Waals surface area contributed by atoms with Crippen LogP contribution in [0.15, 0.2) is 245 Å². The lowest BCUT2D eigenvalue weighted by Crippen LogP contribution is -2.09. The van der Waals surface area contributed by atoms with Gasteiger partial charge in [0.1, 0.15) is 22.3 Å². The Morgan fingerprint density at radius 2 is 0.672 bits per heavy atom. The van der Waals surface area contributed by atoms with Crippen LogP contribution in [-0.4, -0.2) is 0 Å². The first kappa shape index (κ1) is 37.4. The molecule has 12 aromatic rings. The Hall–Kier alpha value is -8.40. The van der Waals surface area contributed by atoms with E-state index < -0.39 is 0 Å². The molecule has 3 nitrogen and oxygen atoms in total. The van der Waals surface area contributed by atoms with Gasteiger partial charge >= 0.3 is 0 Å². The lowest BCUT2D eigenvalue weighted by atomic mass is 9.98. The first-order valence-electron chi connectivity index (χ1n) is 21.9. The fourth-order valence-electron chi connectivity index (χ4n) is 9.28. The van der Waals surface area contributed by atoms with E-state index in [4.69, 9.17) is 8.83 Å². The molecule has 0 aliphatic carbocycles. The SMILES string of the molecule is c1ccc(-c2ccc(N(c3ccc(-c4ccc(Cc5cccc6c5oc5ccccc56)cc4)cc3)c3ccc(-c4ccc(-c5cccc6c5oc5ccccc56)cc4)cc3)cc2)cc1. The molecule has 2 heterocycles. The second kappa shape index (κ2) is 15.8. The topological polar surface area (TPSA) is 29.5 Å². The van der Waals surface area contributed by atoms with Crippen molar-refractivity contribution in [2.24, 2.45) is 0 Å². The van der Waals surface area contributed by atoms with Gasteiger partial charge in [-0.2, -0.15) is 0 Å². The zero-order valence-corrected chi connectivity index (χ0v) is 35.0. The second-order valence-corrected chi connectivity index (χ2v) is 16.5. The van der Waals surface area contributed by atoms with E-state index in [1.165, 1.54) is 38.8 Å². The van der Waals surface area contributed by atoms with Crippen LogP contribution in [0.3, 0.4) is 0 Å². The molecule has 0 amide bonds. The predicted molar refractivity (Wildman–Crippen MR) is 267 cm³/mol. The number of benzene rings is 10. The van der Waals surface area contributed by atoms with Gasteiger partial charge in [0.05, 0.1) is 0 Å². The van der Waals surface area contributed by atoms with Crippen LogP contribution in [0.25, 0.3) is 88.4 Å². The summed E-state index contributed by atoms with van der Waals surface area (Å²) in [6.45, 7) is 0. The van der Waals surface area contributed by atoms with Gasteiger partial charge in [0.25, 0.3) is 0 Å². The second-order valence-electron chi connectivity index (χ2n) is 16.5. The van der Waals surface area contributed by atoms with Gasteiger partial charge in [0.2, 0.25) is 0 Å². The third kappa shape index (κ3) is 6.81. The molecule has 0 atom stereocenters. The number of fused-ring (bicyclic) bond motifs is 6. The summed E-state index contributed by atoms with van der Waals surface area (Å²) < 4.78 is 12.7. The Kier molecular flexibility index (Phi) is 9.23. The number of furan rings is 2. The third-order valence-corrected chi connectivity index (χ3v) is 12.6. The van der Waals surface area contributed by atoms with Crippen molar-refractivity contribution < 1.29 is 8.83 Å². The zero-order chi connectivity index (χ0) is 42.4. The van der Waals surface area contributed by atoms with E-state index in [2.05, 4.69) is 217 Å². The molecule has 0 spiro atoms. The molecule has 0 saturated heterocycles. The number of rotatable bonds is 9. The predicted octanol–water partition coefficient (Wildman–Crippen LogP) is 17.2. The van der Waals surface area contributed by atoms with Crippen molar-refractivity contribution in [3.8, 4) is 44.5 Å². The first-order valence-corrected chi connectivity index (χ1v) is 21.9. The minimum atomic E-state index is 0.804. The van der Waals surface area contributed by atoms with Crippen LogP contribution in [0.4, 0.5) is 17.1 Å². The fraction of sp³-hybridized carbons (Fsp3) is 0.0164. The Morgan fingerprint density at radius 1 is 0.281 bits per heavy atom. The van der Waals surface area contributed by atoms with E-state index in [0.29, 0.717) is 0 Å². The number of nitrogens with zero attached hydrogens (tertiary/aromatic N) is 1. The van der Waals surface area contributed by atoms with E-state index in [1.807, 2.05) is 24.3 Å². The molecule has 0 saturated carbocycles. The Bertz CT molecular complexity index is 3580. The van der Waals surface area contributed by atoms with Crippen LogP contribution in [0, 0.1) is 0 Å².